The maximum atomic E-state index is 13.2. The summed E-state index contributed by atoms with van der Waals surface area (Å²) >= 11 is 0. The molecule has 5 rings (SSSR count). The summed E-state index contributed by atoms with van der Waals surface area (Å²) in [7, 11) is 0. The molecule has 6 heteroatoms. The Kier molecular flexibility index (Phi) is 4.87. The third kappa shape index (κ3) is 3.23. The molecule has 0 spiro atoms. The predicted octanol–water partition coefficient (Wildman–Crippen LogP) is 4.31. The van der Waals surface area contributed by atoms with Crippen molar-refractivity contribution >= 4 is 16.7 Å². The topological polar surface area (TPSA) is 75.7 Å². The molecule has 2 atom stereocenters. The van der Waals surface area contributed by atoms with E-state index in [0.717, 1.165) is 16.6 Å². The molecule has 2 aliphatic rings. The third-order valence-corrected chi connectivity index (χ3v) is 5.94. The van der Waals surface area contributed by atoms with E-state index in [4.69, 9.17) is 13.9 Å². The molecular formula is C25H22N2O4. The monoisotopic (exact) mass is 414 g/mol. The summed E-state index contributed by atoms with van der Waals surface area (Å²) in [4.78, 5) is 15.5. The van der Waals surface area contributed by atoms with Gasteiger partial charge in [-0.05, 0) is 24.6 Å². The fourth-order valence-corrected chi connectivity index (χ4v) is 4.71. The third-order valence-electron chi connectivity index (χ3n) is 5.94. The van der Waals surface area contributed by atoms with Gasteiger partial charge in [0.15, 0.2) is 0 Å². The highest BCUT2D eigenvalue weighted by Gasteiger charge is 2.44. The molecule has 0 radical (unpaired) electrons. The molecule has 3 heterocycles. The SMILES string of the molecule is CCOC1=C(C#N)[C@H]2c3c(c4ccccc4oc3=O)N(Cc3ccccc3)C[C@H]2CO1. The van der Waals surface area contributed by atoms with Crippen molar-refractivity contribution in [3.63, 3.8) is 0 Å². The Bertz CT molecular complexity index is 1260. The van der Waals surface area contributed by atoms with Crippen molar-refractivity contribution < 1.29 is 13.9 Å². The van der Waals surface area contributed by atoms with Crippen molar-refractivity contribution in [2.24, 2.45) is 5.92 Å². The van der Waals surface area contributed by atoms with E-state index in [-0.39, 0.29) is 11.9 Å². The van der Waals surface area contributed by atoms with Crippen LogP contribution in [0.5, 0.6) is 0 Å². The van der Waals surface area contributed by atoms with Gasteiger partial charge in [-0.1, -0.05) is 42.5 Å². The van der Waals surface area contributed by atoms with Crippen molar-refractivity contribution in [2.75, 3.05) is 24.7 Å². The normalized spacial score (nSPS) is 19.9. The Morgan fingerprint density at radius 2 is 1.94 bits per heavy atom. The van der Waals surface area contributed by atoms with Crippen molar-refractivity contribution in [1.29, 1.82) is 5.26 Å². The van der Waals surface area contributed by atoms with Crippen LogP contribution in [0, 0.1) is 17.2 Å². The minimum atomic E-state index is -0.414. The molecule has 1 aromatic heterocycles. The van der Waals surface area contributed by atoms with Crippen molar-refractivity contribution in [2.45, 2.75) is 19.4 Å². The quantitative estimate of drug-likeness (QED) is 0.592. The first-order valence-electron chi connectivity index (χ1n) is 10.5. The van der Waals surface area contributed by atoms with Gasteiger partial charge in [0.2, 0.25) is 0 Å². The van der Waals surface area contributed by atoms with Gasteiger partial charge in [0.1, 0.15) is 17.2 Å². The predicted molar refractivity (Wildman–Crippen MR) is 116 cm³/mol. The van der Waals surface area contributed by atoms with Crippen LogP contribution in [-0.4, -0.2) is 19.8 Å². The molecule has 0 fully saturated rings. The summed E-state index contributed by atoms with van der Waals surface area (Å²) in [5.41, 5.74) is 2.99. The average molecular weight is 414 g/mol. The molecule has 0 aliphatic carbocycles. The Morgan fingerprint density at radius 1 is 1.16 bits per heavy atom. The first-order valence-corrected chi connectivity index (χ1v) is 10.5. The van der Waals surface area contributed by atoms with Crippen LogP contribution in [0.1, 0.15) is 24.0 Å². The average Bonchev–Trinajstić information content (AvgIpc) is 2.79. The number of hydrogen-bond acceptors (Lipinski definition) is 6. The van der Waals surface area contributed by atoms with Gasteiger partial charge in [-0.3, -0.25) is 0 Å². The number of anilines is 1. The number of fused-ring (bicyclic) bond motifs is 5. The molecule has 0 bridgehead atoms. The lowest BCUT2D eigenvalue weighted by atomic mass is 9.76. The van der Waals surface area contributed by atoms with E-state index < -0.39 is 11.5 Å². The molecule has 31 heavy (non-hydrogen) atoms. The van der Waals surface area contributed by atoms with Crippen LogP contribution in [0.2, 0.25) is 0 Å². The first kappa shape index (κ1) is 19.3. The maximum Gasteiger partial charge on any atom is 0.342 e. The van der Waals surface area contributed by atoms with E-state index in [1.807, 2.05) is 43.3 Å². The Balaban J connectivity index is 1.74. The van der Waals surface area contributed by atoms with E-state index >= 15 is 0 Å². The van der Waals surface area contributed by atoms with Crippen LogP contribution in [0.4, 0.5) is 5.69 Å². The first-order chi connectivity index (χ1) is 15.2. The van der Waals surface area contributed by atoms with E-state index in [0.29, 0.717) is 43.0 Å². The minimum absolute atomic E-state index is 0.0564. The summed E-state index contributed by atoms with van der Waals surface area (Å²) in [6.45, 7) is 3.91. The summed E-state index contributed by atoms with van der Waals surface area (Å²) in [6.07, 6.45) is 0. The Hall–Kier alpha value is -3.72. The molecule has 0 amide bonds. The number of benzene rings is 2. The fourth-order valence-electron chi connectivity index (χ4n) is 4.71. The molecule has 0 unspecified atom stereocenters. The number of nitrogens with zero attached hydrogens (tertiary/aromatic N) is 2. The van der Waals surface area contributed by atoms with Gasteiger partial charge in [0.25, 0.3) is 5.95 Å². The molecule has 6 nitrogen and oxygen atoms in total. The number of rotatable bonds is 4. The number of hydrogen-bond donors (Lipinski definition) is 0. The van der Waals surface area contributed by atoms with Crippen molar-refractivity contribution in [3.8, 4) is 6.07 Å². The van der Waals surface area contributed by atoms with Gasteiger partial charge in [-0.2, -0.15) is 5.26 Å². The van der Waals surface area contributed by atoms with E-state index in [1.165, 1.54) is 0 Å². The lowest BCUT2D eigenvalue weighted by Gasteiger charge is -2.42. The molecular weight excluding hydrogens is 392 g/mol. The summed E-state index contributed by atoms with van der Waals surface area (Å²) in [5, 5.41) is 10.8. The molecule has 2 aliphatic heterocycles. The second kappa shape index (κ2) is 7.84. The maximum absolute atomic E-state index is 13.2. The molecule has 0 saturated heterocycles. The smallest absolute Gasteiger partial charge is 0.342 e. The van der Waals surface area contributed by atoms with Crippen LogP contribution in [0.15, 0.2) is 75.3 Å². The molecule has 2 aromatic carbocycles. The molecule has 0 N–H and O–H groups in total. The molecule has 3 aromatic rings. The van der Waals surface area contributed by atoms with Gasteiger partial charge < -0.3 is 18.8 Å². The van der Waals surface area contributed by atoms with Gasteiger partial charge in [-0.25, -0.2) is 4.79 Å². The minimum Gasteiger partial charge on any atom is -0.465 e. The second-order valence-corrected chi connectivity index (χ2v) is 7.81. The van der Waals surface area contributed by atoms with Gasteiger partial charge in [-0.15, -0.1) is 0 Å². The zero-order valence-corrected chi connectivity index (χ0v) is 17.2. The van der Waals surface area contributed by atoms with Crippen LogP contribution in [0.3, 0.4) is 0 Å². The van der Waals surface area contributed by atoms with Gasteiger partial charge in [0.05, 0.1) is 24.5 Å². The lowest BCUT2D eigenvalue weighted by molar-refractivity contribution is 0.00319. The van der Waals surface area contributed by atoms with Crippen LogP contribution < -0.4 is 10.5 Å². The zero-order valence-electron chi connectivity index (χ0n) is 17.2. The standard InChI is InChI=1S/C25H22N2O4/c1-2-29-25-19(12-26)21-17(15-30-25)14-27(13-16-8-4-3-5-9-16)23-18-10-6-7-11-20(18)31-24(28)22(21)23/h3-11,17,21H,2,13-15H2,1H3/t17-,21-/m0/s1. The Labute approximate surface area is 179 Å². The summed E-state index contributed by atoms with van der Waals surface area (Å²) in [5.74, 6) is -0.247. The van der Waals surface area contributed by atoms with Gasteiger partial charge in [0, 0.05) is 30.3 Å². The number of allylic oxidation sites excluding steroid dienone is 1. The van der Waals surface area contributed by atoms with Crippen LogP contribution in [0.25, 0.3) is 11.0 Å². The lowest BCUT2D eigenvalue weighted by Crippen LogP contribution is -2.44. The van der Waals surface area contributed by atoms with Crippen molar-refractivity contribution in [1.82, 2.24) is 0 Å². The highest BCUT2D eigenvalue weighted by molar-refractivity contribution is 5.93. The fraction of sp³-hybridized carbons (Fsp3) is 0.280. The van der Waals surface area contributed by atoms with E-state index in [2.05, 4.69) is 23.1 Å². The van der Waals surface area contributed by atoms with Crippen LogP contribution in [-0.2, 0) is 16.0 Å². The number of ether oxygens (including phenoxy) is 2. The number of nitriles is 1. The summed E-state index contributed by atoms with van der Waals surface area (Å²) in [6, 6.07) is 20.0. The largest absolute Gasteiger partial charge is 0.465 e. The van der Waals surface area contributed by atoms with Crippen molar-refractivity contribution in [3.05, 3.63) is 87.7 Å². The second-order valence-electron chi connectivity index (χ2n) is 7.81. The zero-order chi connectivity index (χ0) is 21.4. The number of para-hydroxylation sites is 1. The van der Waals surface area contributed by atoms with E-state index in [1.54, 1.807) is 6.07 Å². The molecule has 156 valence electrons. The van der Waals surface area contributed by atoms with E-state index in [9.17, 15) is 10.1 Å². The highest BCUT2D eigenvalue weighted by atomic mass is 16.7. The van der Waals surface area contributed by atoms with Crippen LogP contribution >= 0.6 is 0 Å². The Morgan fingerprint density at radius 3 is 2.71 bits per heavy atom. The summed E-state index contributed by atoms with van der Waals surface area (Å²) < 4.78 is 17.1. The highest BCUT2D eigenvalue weighted by Crippen LogP contribution is 2.47. The van der Waals surface area contributed by atoms with Gasteiger partial charge >= 0.3 is 5.63 Å². The molecule has 0 saturated carbocycles.